The van der Waals surface area contributed by atoms with Gasteiger partial charge in [-0.05, 0) is 43.7 Å². The van der Waals surface area contributed by atoms with Gasteiger partial charge in [-0.2, -0.15) is 0 Å². The Hall–Kier alpha value is -1.76. The third-order valence-electron chi connectivity index (χ3n) is 3.90. The third-order valence-corrected chi connectivity index (χ3v) is 4.87. The smallest absolute Gasteiger partial charge is 0.410 e. The summed E-state index contributed by atoms with van der Waals surface area (Å²) < 4.78 is 20.3. The largest absolute Gasteiger partial charge is 0.444 e. The average molecular weight is 346 g/mol. The van der Waals surface area contributed by atoms with E-state index in [1.165, 1.54) is 23.5 Å². The van der Waals surface area contributed by atoms with Crippen molar-refractivity contribution in [2.45, 2.75) is 26.4 Å². The highest BCUT2D eigenvalue weighted by atomic mass is 32.1. The second-order valence-corrected chi connectivity index (χ2v) is 7.99. The van der Waals surface area contributed by atoms with Crippen LogP contribution in [0.5, 0.6) is 0 Å². The summed E-state index contributed by atoms with van der Waals surface area (Å²) in [4.78, 5) is 16.0. The van der Waals surface area contributed by atoms with Crippen LogP contribution in [0.1, 0.15) is 20.8 Å². The molecule has 0 saturated carbocycles. The summed E-state index contributed by atoms with van der Waals surface area (Å²) in [5.74, 6) is -0.259. The number of nitrogens with zero attached hydrogens (tertiary/aromatic N) is 2. The second kappa shape index (κ2) is 6.28. The van der Waals surface area contributed by atoms with Crippen LogP contribution >= 0.6 is 11.3 Å². The summed E-state index contributed by atoms with van der Waals surface area (Å²) in [5.41, 5.74) is 0.450. The Bertz CT molecular complexity index is 764. The summed E-state index contributed by atoms with van der Waals surface area (Å²) in [6.45, 7) is 8.08. The predicted octanol–water partition coefficient (Wildman–Crippen LogP) is 2.89. The van der Waals surface area contributed by atoms with E-state index in [4.69, 9.17) is 12.6 Å². The second-order valence-electron chi connectivity index (χ2n) is 6.91. The van der Waals surface area contributed by atoms with Crippen molar-refractivity contribution in [2.75, 3.05) is 31.1 Å². The molecule has 2 radical (unpaired) electrons. The molecule has 0 aliphatic carbocycles. The molecule has 1 saturated heterocycles. The lowest BCUT2D eigenvalue weighted by atomic mass is 10.0. The molecule has 4 nitrogen and oxygen atoms in total. The zero-order valence-corrected chi connectivity index (χ0v) is 15.0. The van der Waals surface area contributed by atoms with Gasteiger partial charge in [-0.3, -0.25) is 0 Å². The van der Waals surface area contributed by atoms with Crippen molar-refractivity contribution < 1.29 is 13.9 Å². The molecule has 1 aliphatic rings. The van der Waals surface area contributed by atoms with Gasteiger partial charge in [0.15, 0.2) is 0 Å². The molecule has 0 N–H and O–H groups in total. The van der Waals surface area contributed by atoms with Gasteiger partial charge in [0, 0.05) is 42.0 Å². The molecular weight excluding hydrogens is 326 g/mol. The molecule has 3 rings (SSSR count). The van der Waals surface area contributed by atoms with Crippen LogP contribution in [0.3, 0.4) is 0 Å². The topological polar surface area (TPSA) is 32.8 Å². The van der Waals surface area contributed by atoms with Crippen LogP contribution in [0.15, 0.2) is 18.2 Å². The number of ether oxygens (including phenoxy) is 1. The number of fused-ring (bicyclic) bond motifs is 1. The van der Waals surface area contributed by atoms with E-state index in [2.05, 4.69) is 4.90 Å². The van der Waals surface area contributed by atoms with Crippen LogP contribution < -0.4 is 9.68 Å². The van der Waals surface area contributed by atoms with Crippen molar-refractivity contribution in [1.82, 2.24) is 4.90 Å². The van der Waals surface area contributed by atoms with Gasteiger partial charge in [0.2, 0.25) is 0 Å². The number of benzene rings is 1. The van der Waals surface area contributed by atoms with Gasteiger partial charge in [0.05, 0.1) is 0 Å². The third kappa shape index (κ3) is 3.51. The van der Waals surface area contributed by atoms with Gasteiger partial charge in [-0.25, -0.2) is 9.18 Å². The van der Waals surface area contributed by atoms with Crippen LogP contribution in [0.4, 0.5) is 14.9 Å². The lowest BCUT2D eigenvalue weighted by molar-refractivity contribution is 0.0241. The van der Waals surface area contributed by atoms with Crippen LogP contribution in [-0.2, 0) is 4.74 Å². The molecule has 7 heteroatoms. The summed E-state index contributed by atoms with van der Waals surface area (Å²) in [6, 6.07) is 4.73. The molecule has 1 fully saturated rings. The fraction of sp³-hybridized carbons (Fsp3) is 0.471. The van der Waals surface area contributed by atoms with E-state index in [0.29, 0.717) is 31.0 Å². The Morgan fingerprint density at radius 2 is 1.92 bits per heavy atom. The first-order valence-electron chi connectivity index (χ1n) is 7.95. The van der Waals surface area contributed by atoms with Crippen molar-refractivity contribution in [3.8, 4) is 0 Å². The number of halogens is 1. The number of thiophene rings is 1. The first kappa shape index (κ1) is 17.1. The first-order chi connectivity index (χ1) is 11.2. The Morgan fingerprint density at radius 3 is 2.54 bits per heavy atom. The molecule has 0 spiro atoms. The molecule has 2 aromatic rings. The molecular formula is C17H20BFN2O2S. The minimum absolute atomic E-state index is 0.259. The number of piperazine rings is 1. The van der Waals surface area contributed by atoms with Crippen LogP contribution in [0.2, 0.25) is 0 Å². The highest BCUT2D eigenvalue weighted by molar-refractivity contribution is 7.27. The van der Waals surface area contributed by atoms with Gasteiger partial charge in [-0.1, -0.05) is 0 Å². The number of hydrogen-bond acceptors (Lipinski definition) is 4. The number of rotatable bonds is 1. The summed E-state index contributed by atoms with van der Waals surface area (Å²) in [6.07, 6.45) is -0.285. The van der Waals surface area contributed by atoms with Gasteiger partial charge in [-0.15, -0.1) is 11.3 Å². The van der Waals surface area contributed by atoms with E-state index in [0.717, 1.165) is 15.8 Å². The molecule has 24 heavy (non-hydrogen) atoms. The van der Waals surface area contributed by atoms with Crippen molar-refractivity contribution >= 4 is 45.8 Å². The number of carbonyl (C=O) groups excluding carboxylic acids is 1. The standard InChI is InChI=1S/C17H20BFN2O2S/c1-17(2,3)23-16(22)21-8-6-20(7-9-21)14-12-5-4-11(19)10-13(12)24-15(14)18/h4-5,10H,6-9H2,1-3H3. The SMILES string of the molecule is [B]c1sc2cc(F)ccc2c1N1CCN(C(=O)OC(C)(C)C)CC1. The van der Waals surface area contributed by atoms with Gasteiger partial charge >= 0.3 is 6.09 Å². The molecule has 1 aromatic carbocycles. The van der Waals surface area contributed by atoms with E-state index in [9.17, 15) is 9.18 Å². The Kier molecular flexibility index (Phi) is 4.47. The van der Waals surface area contributed by atoms with E-state index >= 15 is 0 Å². The molecule has 0 bridgehead atoms. The molecule has 126 valence electrons. The minimum Gasteiger partial charge on any atom is -0.444 e. The van der Waals surface area contributed by atoms with Gasteiger partial charge in [0.1, 0.15) is 19.3 Å². The molecule has 0 unspecified atom stereocenters. The van der Waals surface area contributed by atoms with E-state index in [1.807, 2.05) is 20.8 Å². The summed E-state index contributed by atoms with van der Waals surface area (Å²) >= 11 is 1.39. The highest BCUT2D eigenvalue weighted by Crippen LogP contribution is 2.31. The first-order valence-corrected chi connectivity index (χ1v) is 8.76. The van der Waals surface area contributed by atoms with Gasteiger partial charge in [0.25, 0.3) is 0 Å². The number of hydrogen-bond donors (Lipinski definition) is 0. The van der Waals surface area contributed by atoms with E-state index in [-0.39, 0.29) is 11.9 Å². The van der Waals surface area contributed by atoms with Crippen molar-refractivity contribution in [3.05, 3.63) is 24.0 Å². The molecule has 0 atom stereocenters. The fourth-order valence-corrected chi connectivity index (χ4v) is 3.86. The number of amides is 1. The monoisotopic (exact) mass is 346 g/mol. The molecule has 2 heterocycles. The highest BCUT2D eigenvalue weighted by Gasteiger charge is 2.27. The summed E-state index contributed by atoms with van der Waals surface area (Å²) in [7, 11) is 6.16. The zero-order chi connectivity index (χ0) is 17.5. The van der Waals surface area contributed by atoms with Crippen LogP contribution in [-0.4, -0.2) is 50.6 Å². The van der Waals surface area contributed by atoms with E-state index in [1.54, 1.807) is 11.0 Å². The quantitative estimate of drug-likeness (QED) is 0.745. The molecule has 1 aromatic heterocycles. The zero-order valence-electron chi connectivity index (χ0n) is 14.1. The van der Waals surface area contributed by atoms with Crippen LogP contribution in [0, 0.1) is 5.82 Å². The van der Waals surface area contributed by atoms with Gasteiger partial charge < -0.3 is 14.5 Å². The van der Waals surface area contributed by atoms with Crippen molar-refractivity contribution in [2.24, 2.45) is 0 Å². The fourth-order valence-electron chi connectivity index (χ4n) is 2.84. The van der Waals surface area contributed by atoms with E-state index < -0.39 is 5.60 Å². The minimum atomic E-state index is -0.494. The maximum atomic E-state index is 13.4. The summed E-state index contributed by atoms with van der Waals surface area (Å²) in [5, 5.41) is 0.963. The lowest BCUT2D eigenvalue weighted by Crippen LogP contribution is -2.50. The van der Waals surface area contributed by atoms with Crippen molar-refractivity contribution in [3.63, 3.8) is 0 Å². The Labute approximate surface area is 146 Å². The lowest BCUT2D eigenvalue weighted by Gasteiger charge is -2.37. The Morgan fingerprint density at radius 1 is 1.25 bits per heavy atom. The predicted molar refractivity (Wildman–Crippen MR) is 97.2 cm³/mol. The van der Waals surface area contributed by atoms with Crippen molar-refractivity contribution in [1.29, 1.82) is 0 Å². The van der Waals surface area contributed by atoms with Crippen LogP contribution in [0.25, 0.3) is 10.1 Å². The number of anilines is 1. The molecule has 1 aliphatic heterocycles. The average Bonchev–Trinajstić information content (AvgIpc) is 2.80. The number of carbonyl (C=O) groups is 1. The maximum absolute atomic E-state index is 13.4. The maximum Gasteiger partial charge on any atom is 0.410 e. The normalized spacial score (nSPS) is 15.8. The molecule has 1 amide bonds. The Balaban J connectivity index is 1.73.